The van der Waals surface area contributed by atoms with E-state index in [-0.39, 0.29) is 5.91 Å². The van der Waals surface area contributed by atoms with Crippen molar-refractivity contribution >= 4 is 23.0 Å². The maximum Gasteiger partial charge on any atom is 0.224 e. The van der Waals surface area contributed by atoms with E-state index in [1.165, 1.54) is 12.8 Å². The molecule has 4 heteroatoms. The topological polar surface area (TPSA) is 58.4 Å². The van der Waals surface area contributed by atoms with Crippen molar-refractivity contribution in [3.8, 4) is 0 Å². The predicted octanol–water partition coefficient (Wildman–Crippen LogP) is 2.22. The van der Waals surface area contributed by atoms with Gasteiger partial charge in [-0.25, -0.2) is 0 Å². The highest BCUT2D eigenvalue weighted by molar-refractivity contribution is 5.91. The van der Waals surface area contributed by atoms with Crippen LogP contribution in [0.1, 0.15) is 26.2 Å². The Hall–Kier alpha value is -1.71. The van der Waals surface area contributed by atoms with Crippen molar-refractivity contribution in [3.63, 3.8) is 0 Å². The Kier molecular flexibility index (Phi) is 3.52. The number of nitrogens with two attached hydrogens (primary N) is 1. The molecule has 0 atom stereocenters. The molecule has 0 bridgehead atoms. The minimum Gasteiger partial charge on any atom is -0.397 e. The first-order valence-corrected chi connectivity index (χ1v) is 6.15. The van der Waals surface area contributed by atoms with Crippen LogP contribution in [0.4, 0.5) is 17.1 Å². The lowest BCUT2D eigenvalue weighted by molar-refractivity contribution is -0.115. The Morgan fingerprint density at radius 3 is 2.71 bits per heavy atom. The Balaban J connectivity index is 2.13. The normalized spacial score (nSPS) is 15.0. The standard InChI is InChI=1S/C13H19N3O/c1-2-13(17)15-10-5-6-12(11(14)9-10)16-7-3-4-8-16/h5-6,9H,2-4,7-8,14H2,1H3,(H,15,17). The number of hydrogen-bond donors (Lipinski definition) is 2. The molecule has 0 spiro atoms. The molecule has 1 aromatic rings. The third-order valence-corrected chi connectivity index (χ3v) is 3.08. The Morgan fingerprint density at radius 1 is 1.41 bits per heavy atom. The van der Waals surface area contributed by atoms with Gasteiger partial charge < -0.3 is 16.0 Å². The number of anilines is 3. The molecule has 1 aliphatic heterocycles. The Labute approximate surface area is 102 Å². The van der Waals surface area contributed by atoms with Crippen molar-refractivity contribution < 1.29 is 4.79 Å². The molecule has 1 fully saturated rings. The van der Waals surface area contributed by atoms with Gasteiger partial charge in [0, 0.05) is 25.2 Å². The zero-order valence-electron chi connectivity index (χ0n) is 10.2. The minimum absolute atomic E-state index is 0.0123. The fourth-order valence-corrected chi connectivity index (χ4v) is 2.13. The van der Waals surface area contributed by atoms with E-state index in [1.54, 1.807) is 0 Å². The second kappa shape index (κ2) is 5.08. The van der Waals surface area contributed by atoms with E-state index < -0.39 is 0 Å². The van der Waals surface area contributed by atoms with E-state index in [9.17, 15) is 4.79 Å². The van der Waals surface area contributed by atoms with E-state index in [0.717, 1.165) is 30.2 Å². The van der Waals surface area contributed by atoms with Crippen molar-refractivity contribution in [2.45, 2.75) is 26.2 Å². The summed E-state index contributed by atoms with van der Waals surface area (Å²) < 4.78 is 0. The molecule has 1 aromatic carbocycles. The first kappa shape index (κ1) is 11.8. The summed E-state index contributed by atoms with van der Waals surface area (Å²) in [7, 11) is 0. The summed E-state index contributed by atoms with van der Waals surface area (Å²) in [5.74, 6) is 0.0123. The van der Waals surface area contributed by atoms with Crippen LogP contribution in [0.5, 0.6) is 0 Å². The van der Waals surface area contributed by atoms with E-state index >= 15 is 0 Å². The number of amides is 1. The smallest absolute Gasteiger partial charge is 0.224 e. The van der Waals surface area contributed by atoms with Gasteiger partial charge in [-0.3, -0.25) is 4.79 Å². The molecule has 1 amide bonds. The average molecular weight is 233 g/mol. The average Bonchev–Trinajstić information content (AvgIpc) is 2.82. The highest BCUT2D eigenvalue weighted by Gasteiger charge is 2.14. The molecule has 4 nitrogen and oxygen atoms in total. The molecular weight excluding hydrogens is 214 g/mol. The van der Waals surface area contributed by atoms with Crippen molar-refractivity contribution in [2.75, 3.05) is 29.0 Å². The SMILES string of the molecule is CCC(=O)Nc1ccc(N2CCCC2)c(N)c1. The third kappa shape index (κ3) is 2.70. The highest BCUT2D eigenvalue weighted by atomic mass is 16.1. The summed E-state index contributed by atoms with van der Waals surface area (Å²) in [6.45, 7) is 3.98. The predicted molar refractivity (Wildman–Crippen MR) is 71.2 cm³/mol. The fraction of sp³-hybridized carbons (Fsp3) is 0.462. The number of rotatable bonds is 3. The summed E-state index contributed by atoms with van der Waals surface area (Å²) in [5, 5.41) is 2.81. The van der Waals surface area contributed by atoms with Gasteiger partial charge in [-0.1, -0.05) is 6.92 Å². The van der Waals surface area contributed by atoms with Crippen LogP contribution < -0.4 is 16.0 Å². The summed E-state index contributed by atoms with van der Waals surface area (Å²) in [6.07, 6.45) is 2.94. The number of nitrogens with zero attached hydrogens (tertiary/aromatic N) is 1. The number of benzene rings is 1. The molecule has 1 heterocycles. The monoisotopic (exact) mass is 233 g/mol. The largest absolute Gasteiger partial charge is 0.397 e. The molecule has 1 aliphatic rings. The first-order valence-electron chi connectivity index (χ1n) is 6.15. The van der Waals surface area contributed by atoms with Crippen molar-refractivity contribution in [3.05, 3.63) is 18.2 Å². The first-order chi connectivity index (χ1) is 8.20. The summed E-state index contributed by atoms with van der Waals surface area (Å²) in [6, 6.07) is 5.74. The fourth-order valence-electron chi connectivity index (χ4n) is 2.13. The minimum atomic E-state index is 0.0123. The molecule has 0 aromatic heterocycles. The zero-order valence-corrected chi connectivity index (χ0v) is 10.2. The number of nitrogens with one attached hydrogen (secondary N) is 1. The molecule has 2 rings (SSSR count). The molecule has 0 saturated carbocycles. The van der Waals surface area contributed by atoms with Crippen LogP contribution in [-0.4, -0.2) is 19.0 Å². The molecule has 92 valence electrons. The number of carbonyl (C=O) groups excluding carboxylic acids is 1. The molecular formula is C13H19N3O. The number of carbonyl (C=O) groups is 1. The second-order valence-corrected chi connectivity index (χ2v) is 4.37. The van der Waals surface area contributed by atoms with Gasteiger partial charge in [0.05, 0.1) is 11.4 Å². The van der Waals surface area contributed by atoms with Gasteiger partial charge in [-0.2, -0.15) is 0 Å². The van der Waals surface area contributed by atoms with Crippen LogP contribution in [0.25, 0.3) is 0 Å². The Morgan fingerprint density at radius 2 is 2.12 bits per heavy atom. The van der Waals surface area contributed by atoms with Gasteiger partial charge in [0.2, 0.25) is 5.91 Å². The van der Waals surface area contributed by atoms with E-state index in [0.29, 0.717) is 6.42 Å². The van der Waals surface area contributed by atoms with Gasteiger partial charge in [0.15, 0.2) is 0 Å². The molecule has 0 radical (unpaired) electrons. The third-order valence-electron chi connectivity index (χ3n) is 3.08. The molecule has 0 aliphatic carbocycles. The van der Waals surface area contributed by atoms with Gasteiger partial charge in [0.1, 0.15) is 0 Å². The van der Waals surface area contributed by atoms with E-state index in [1.807, 2.05) is 25.1 Å². The maximum atomic E-state index is 11.3. The summed E-state index contributed by atoms with van der Waals surface area (Å²) >= 11 is 0. The van der Waals surface area contributed by atoms with Gasteiger partial charge in [0.25, 0.3) is 0 Å². The lowest BCUT2D eigenvalue weighted by Crippen LogP contribution is -2.19. The lowest BCUT2D eigenvalue weighted by atomic mass is 10.2. The van der Waals surface area contributed by atoms with Crippen molar-refractivity contribution in [2.24, 2.45) is 0 Å². The summed E-state index contributed by atoms with van der Waals surface area (Å²) in [5.41, 5.74) is 8.62. The van der Waals surface area contributed by atoms with Crippen LogP contribution in [0.3, 0.4) is 0 Å². The maximum absolute atomic E-state index is 11.3. The van der Waals surface area contributed by atoms with Crippen LogP contribution in [0, 0.1) is 0 Å². The zero-order chi connectivity index (χ0) is 12.3. The number of nitrogen functional groups attached to an aromatic ring is 1. The Bertz CT molecular complexity index is 411. The van der Waals surface area contributed by atoms with Crippen molar-refractivity contribution in [1.82, 2.24) is 0 Å². The quantitative estimate of drug-likeness (QED) is 0.787. The summed E-state index contributed by atoms with van der Waals surface area (Å²) in [4.78, 5) is 13.6. The van der Waals surface area contributed by atoms with Crippen LogP contribution in [-0.2, 0) is 4.79 Å². The van der Waals surface area contributed by atoms with Gasteiger partial charge >= 0.3 is 0 Å². The molecule has 17 heavy (non-hydrogen) atoms. The molecule has 0 unspecified atom stereocenters. The van der Waals surface area contributed by atoms with Crippen LogP contribution >= 0.6 is 0 Å². The van der Waals surface area contributed by atoms with Gasteiger partial charge in [-0.15, -0.1) is 0 Å². The molecule has 1 saturated heterocycles. The second-order valence-electron chi connectivity index (χ2n) is 4.37. The van der Waals surface area contributed by atoms with Crippen LogP contribution in [0.15, 0.2) is 18.2 Å². The molecule has 3 N–H and O–H groups in total. The number of hydrogen-bond acceptors (Lipinski definition) is 3. The van der Waals surface area contributed by atoms with Crippen LogP contribution in [0.2, 0.25) is 0 Å². The lowest BCUT2D eigenvalue weighted by Gasteiger charge is -2.20. The van der Waals surface area contributed by atoms with E-state index in [4.69, 9.17) is 5.73 Å². The van der Waals surface area contributed by atoms with Crippen molar-refractivity contribution in [1.29, 1.82) is 0 Å². The highest BCUT2D eigenvalue weighted by Crippen LogP contribution is 2.29. The van der Waals surface area contributed by atoms with Gasteiger partial charge in [-0.05, 0) is 31.0 Å². The van der Waals surface area contributed by atoms with E-state index in [2.05, 4.69) is 10.2 Å².